The van der Waals surface area contributed by atoms with Crippen molar-refractivity contribution in [1.29, 1.82) is 0 Å². The van der Waals surface area contributed by atoms with Crippen LogP contribution in [0.1, 0.15) is 19.8 Å². The first-order chi connectivity index (χ1) is 11.0. The third-order valence-electron chi connectivity index (χ3n) is 3.44. The lowest BCUT2D eigenvalue weighted by atomic mass is 10.3. The molecule has 0 bridgehead atoms. The lowest BCUT2D eigenvalue weighted by molar-refractivity contribution is 0.0420. The van der Waals surface area contributed by atoms with E-state index in [0.717, 1.165) is 23.2 Å². The van der Waals surface area contributed by atoms with Gasteiger partial charge < -0.3 is 9.47 Å². The van der Waals surface area contributed by atoms with Gasteiger partial charge in [-0.1, -0.05) is 25.3 Å². The lowest BCUT2D eigenvalue weighted by Crippen LogP contribution is -2.39. The van der Waals surface area contributed by atoms with Gasteiger partial charge in [0.05, 0.1) is 19.7 Å². The van der Waals surface area contributed by atoms with Gasteiger partial charge in [0.15, 0.2) is 4.90 Å². The van der Waals surface area contributed by atoms with Gasteiger partial charge in [-0.05, 0) is 18.6 Å². The SMILES string of the molecule is C#CCN1CC(COCCCC)Oc2cccc(F)c2S1(=O)=O. The van der Waals surface area contributed by atoms with Gasteiger partial charge in [0.1, 0.15) is 17.7 Å². The van der Waals surface area contributed by atoms with Crippen LogP contribution in [0.2, 0.25) is 0 Å². The van der Waals surface area contributed by atoms with Crippen LogP contribution in [0.4, 0.5) is 4.39 Å². The van der Waals surface area contributed by atoms with E-state index < -0.39 is 26.8 Å². The van der Waals surface area contributed by atoms with E-state index in [2.05, 4.69) is 5.92 Å². The van der Waals surface area contributed by atoms with Crippen molar-refractivity contribution in [1.82, 2.24) is 4.31 Å². The predicted octanol–water partition coefficient (Wildman–Crippen LogP) is 2.03. The number of nitrogens with zero attached hydrogens (tertiary/aromatic N) is 1. The molecule has 1 aliphatic rings. The van der Waals surface area contributed by atoms with Crippen LogP contribution in [-0.4, -0.2) is 45.1 Å². The molecule has 2 rings (SSSR count). The zero-order valence-electron chi connectivity index (χ0n) is 13.0. The standard InChI is InChI=1S/C16H20FNO4S/c1-3-5-10-21-12-13-11-18(9-4-2)23(19,20)16-14(17)7-6-8-15(16)22-13/h2,6-8,13H,3,5,9-12H2,1H3. The highest BCUT2D eigenvalue weighted by Crippen LogP contribution is 2.33. The van der Waals surface area contributed by atoms with Gasteiger partial charge in [0.25, 0.3) is 10.0 Å². The highest BCUT2D eigenvalue weighted by atomic mass is 32.2. The summed E-state index contributed by atoms with van der Waals surface area (Å²) >= 11 is 0. The smallest absolute Gasteiger partial charge is 0.250 e. The molecule has 0 saturated carbocycles. The Morgan fingerprint density at radius 2 is 2.30 bits per heavy atom. The number of hydrogen-bond donors (Lipinski definition) is 0. The van der Waals surface area contributed by atoms with E-state index >= 15 is 0 Å². The van der Waals surface area contributed by atoms with Crippen LogP contribution < -0.4 is 4.74 Å². The number of ether oxygens (including phenoxy) is 2. The minimum Gasteiger partial charge on any atom is -0.485 e. The number of rotatable bonds is 6. The Balaban J connectivity index is 2.30. The van der Waals surface area contributed by atoms with Gasteiger partial charge in [-0.2, -0.15) is 4.31 Å². The first kappa shape index (κ1) is 17.7. The van der Waals surface area contributed by atoms with Gasteiger partial charge in [-0.15, -0.1) is 6.42 Å². The molecule has 0 aliphatic carbocycles. The fraction of sp³-hybridized carbons (Fsp3) is 0.500. The zero-order valence-corrected chi connectivity index (χ0v) is 13.8. The highest BCUT2D eigenvalue weighted by Gasteiger charge is 2.36. The van der Waals surface area contributed by atoms with Crippen molar-refractivity contribution in [2.24, 2.45) is 0 Å². The number of unbranched alkanes of at least 4 members (excludes halogenated alkanes) is 1. The summed E-state index contributed by atoms with van der Waals surface area (Å²) in [5, 5.41) is 0. The molecule has 1 aromatic rings. The molecule has 1 aromatic carbocycles. The second-order valence-corrected chi connectivity index (χ2v) is 7.11. The summed E-state index contributed by atoms with van der Waals surface area (Å²) in [6.45, 7) is 2.70. The van der Waals surface area contributed by atoms with E-state index in [0.29, 0.717) is 6.61 Å². The lowest BCUT2D eigenvalue weighted by Gasteiger charge is -2.21. The molecule has 0 radical (unpaired) electrons. The third-order valence-corrected chi connectivity index (χ3v) is 5.31. The Labute approximate surface area is 136 Å². The van der Waals surface area contributed by atoms with Gasteiger partial charge >= 0.3 is 0 Å². The molecule has 0 fully saturated rings. The third kappa shape index (κ3) is 4.02. The second kappa shape index (κ2) is 7.77. The Morgan fingerprint density at radius 3 is 3.00 bits per heavy atom. The zero-order chi connectivity index (χ0) is 16.9. The largest absolute Gasteiger partial charge is 0.485 e. The molecule has 0 saturated heterocycles. The number of terminal acetylenes is 1. The summed E-state index contributed by atoms with van der Waals surface area (Å²) < 4.78 is 51.6. The molecule has 126 valence electrons. The van der Waals surface area contributed by atoms with Gasteiger partial charge in [-0.25, -0.2) is 12.8 Å². The van der Waals surface area contributed by atoms with Crippen molar-refractivity contribution < 1.29 is 22.3 Å². The van der Waals surface area contributed by atoms with E-state index in [-0.39, 0.29) is 25.4 Å². The van der Waals surface area contributed by atoms with E-state index in [9.17, 15) is 12.8 Å². The Morgan fingerprint density at radius 1 is 1.52 bits per heavy atom. The average Bonchev–Trinajstić information content (AvgIpc) is 2.60. The first-order valence-electron chi connectivity index (χ1n) is 7.47. The van der Waals surface area contributed by atoms with Crippen LogP contribution in [0.3, 0.4) is 0 Å². The summed E-state index contributed by atoms with van der Waals surface area (Å²) in [5.41, 5.74) is 0. The molecule has 5 nitrogen and oxygen atoms in total. The van der Waals surface area contributed by atoms with Crippen molar-refractivity contribution >= 4 is 10.0 Å². The van der Waals surface area contributed by atoms with E-state index in [1.54, 1.807) is 0 Å². The van der Waals surface area contributed by atoms with Crippen molar-refractivity contribution in [2.45, 2.75) is 30.8 Å². The molecule has 1 unspecified atom stereocenters. The maximum atomic E-state index is 14.1. The molecule has 1 aliphatic heterocycles. The minimum absolute atomic E-state index is 0.00591. The number of hydrogen-bond acceptors (Lipinski definition) is 4. The number of benzene rings is 1. The molecular formula is C16H20FNO4S. The van der Waals surface area contributed by atoms with Gasteiger partial charge in [-0.3, -0.25) is 0 Å². The van der Waals surface area contributed by atoms with Crippen molar-refractivity contribution in [2.75, 3.05) is 26.3 Å². The number of fused-ring (bicyclic) bond motifs is 1. The molecular weight excluding hydrogens is 321 g/mol. The van der Waals surface area contributed by atoms with Crippen LogP contribution in [0, 0.1) is 18.2 Å². The summed E-state index contributed by atoms with van der Waals surface area (Å²) in [5.74, 6) is 1.44. The van der Waals surface area contributed by atoms with Crippen LogP contribution in [0.25, 0.3) is 0 Å². The number of halogens is 1. The fourth-order valence-electron chi connectivity index (χ4n) is 2.30. The normalized spacial score (nSPS) is 20.1. The summed E-state index contributed by atoms with van der Waals surface area (Å²) in [4.78, 5) is -0.466. The topological polar surface area (TPSA) is 55.8 Å². The van der Waals surface area contributed by atoms with Gasteiger partial charge in [0.2, 0.25) is 0 Å². The quantitative estimate of drug-likeness (QED) is 0.587. The first-order valence-corrected chi connectivity index (χ1v) is 8.91. The summed E-state index contributed by atoms with van der Waals surface area (Å²) in [6.07, 6.45) is 6.61. The molecule has 7 heteroatoms. The highest BCUT2D eigenvalue weighted by molar-refractivity contribution is 7.89. The van der Waals surface area contributed by atoms with Crippen LogP contribution in [-0.2, 0) is 14.8 Å². The molecule has 1 atom stereocenters. The summed E-state index contributed by atoms with van der Waals surface area (Å²) in [6, 6.07) is 3.94. The van der Waals surface area contributed by atoms with E-state index in [1.165, 1.54) is 12.1 Å². The monoisotopic (exact) mass is 341 g/mol. The van der Waals surface area contributed by atoms with Crippen molar-refractivity contribution in [3.05, 3.63) is 24.0 Å². The predicted molar refractivity (Wildman–Crippen MR) is 84.1 cm³/mol. The molecule has 0 amide bonds. The maximum Gasteiger partial charge on any atom is 0.250 e. The van der Waals surface area contributed by atoms with Crippen LogP contribution in [0.15, 0.2) is 23.1 Å². The van der Waals surface area contributed by atoms with Crippen molar-refractivity contribution in [3.8, 4) is 18.1 Å². The average molecular weight is 341 g/mol. The maximum absolute atomic E-state index is 14.1. The van der Waals surface area contributed by atoms with E-state index in [4.69, 9.17) is 15.9 Å². The number of sulfonamides is 1. The fourth-order valence-corrected chi connectivity index (χ4v) is 3.85. The Bertz CT molecular complexity index is 684. The Kier molecular flexibility index (Phi) is 5.99. The molecule has 0 spiro atoms. The molecule has 1 heterocycles. The second-order valence-electron chi connectivity index (χ2n) is 5.24. The van der Waals surface area contributed by atoms with Crippen molar-refractivity contribution in [3.63, 3.8) is 0 Å². The molecule has 0 N–H and O–H groups in total. The van der Waals surface area contributed by atoms with Crippen LogP contribution in [0.5, 0.6) is 5.75 Å². The molecule has 0 aromatic heterocycles. The minimum atomic E-state index is -4.05. The van der Waals surface area contributed by atoms with Crippen LogP contribution >= 0.6 is 0 Å². The summed E-state index contributed by atoms with van der Waals surface area (Å²) in [7, 11) is -4.05. The van der Waals surface area contributed by atoms with E-state index in [1.807, 2.05) is 6.92 Å². The Hall–Kier alpha value is -1.62. The van der Waals surface area contributed by atoms with Gasteiger partial charge in [0, 0.05) is 6.61 Å². The molecule has 23 heavy (non-hydrogen) atoms.